The minimum Gasteiger partial charge on any atom is -0.453 e. The smallest absolute Gasteiger partial charge is 0.349 e. The maximum absolute atomic E-state index is 12.2. The Balaban J connectivity index is 2.13. The monoisotopic (exact) mass is 353 g/mol. The van der Waals surface area contributed by atoms with Crippen LogP contribution in [0.2, 0.25) is 0 Å². The molecule has 2 rings (SSSR count). The van der Waals surface area contributed by atoms with Gasteiger partial charge in [-0.3, -0.25) is 4.79 Å². The number of rotatable bonds is 7. The number of nitrogens with one attached hydrogen (secondary N) is 1. The molecule has 0 aromatic carbocycles. The van der Waals surface area contributed by atoms with E-state index in [0.29, 0.717) is 11.6 Å². The van der Waals surface area contributed by atoms with Crippen molar-refractivity contribution in [3.63, 3.8) is 0 Å². The first-order valence-electron chi connectivity index (χ1n) is 8.45. The fraction of sp³-hybridized carbons (Fsp3) is 0.350. The van der Waals surface area contributed by atoms with E-state index in [4.69, 9.17) is 4.74 Å². The highest BCUT2D eigenvalue weighted by Crippen LogP contribution is 2.20. The molecular formula is C20H23N3O3. The van der Waals surface area contributed by atoms with E-state index in [1.165, 1.54) is 6.08 Å². The number of nitriles is 1. The molecule has 0 unspecified atom stereocenters. The van der Waals surface area contributed by atoms with Crippen LogP contribution in [0.1, 0.15) is 41.3 Å². The van der Waals surface area contributed by atoms with E-state index in [9.17, 15) is 14.9 Å². The predicted octanol–water partition coefficient (Wildman–Crippen LogP) is 3.42. The molecule has 0 amide bonds. The Kier molecular flexibility index (Phi) is 6.18. The van der Waals surface area contributed by atoms with E-state index in [0.717, 1.165) is 23.5 Å². The van der Waals surface area contributed by atoms with Gasteiger partial charge in [0.1, 0.15) is 11.6 Å². The summed E-state index contributed by atoms with van der Waals surface area (Å²) in [7, 11) is 0. The topological polar surface area (TPSA) is 87.9 Å². The number of Topliss-reactive ketones (excluding diaryl/α,β-unsaturated/α-hetero) is 1. The number of aryl methyl sites for hydroxylation is 1. The van der Waals surface area contributed by atoms with E-state index in [1.54, 1.807) is 18.3 Å². The molecule has 0 saturated carbocycles. The third-order valence-electron chi connectivity index (χ3n) is 4.03. The summed E-state index contributed by atoms with van der Waals surface area (Å²) in [6, 6.07) is 7.08. The lowest BCUT2D eigenvalue weighted by Crippen LogP contribution is -2.15. The van der Waals surface area contributed by atoms with Crippen molar-refractivity contribution in [1.29, 1.82) is 5.26 Å². The van der Waals surface area contributed by atoms with Crippen LogP contribution in [0.15, 0.2) is 30.0 Å². The Labute approximate surface area is 153 Å². The molecule has 2 aromatic heterocycles. The molecule has 2 heterocycles. The maximum atomic E-state index is 12.2. The number of hydrogen-bond donors (Lipinski definition) is 1. The summed E-state index contributed by atoms with van der Waals surface area (Å²) < 4.78 is 7.15. The highest BCUT2D eigenvalue weighted by atomic mass is 16.5. The molecular weight excluding hydrogens is 330 g/mol. The number of aromatic amines is 1. The lowest BCUT2D eigenvalue weighted by Gasteiger charge is -2.12. The number of ketones is 1. The van der Waals surface area contributed by atoms with Crippen LogP contribution in [0.25, 0.3) is 6.08 Å². The number of carbonyl (C=O) groups excluding carboxylic acids is 2. The van der Waals surface area contributed by atoms with E-state index in [1.807, 2.05) is 26.0 Å². The third-order valence-corrected chi connectivity index (χ3v) is 4.03. The first-order chi connectivity index (χ1) is 12.3. The number of H-pyrrole nitrogens is 1. The van der Waals surface area contributed by atoms with Crippen LogP contribution in [0.3, 0.4) is 0 Å². The summed E-state index contributed by atoms with van der Waals surface area (Å²) in [5, 5.41) is 9.30. The molecule has 0 aliphatic carbocycles. The highest BCUT2D eigenvalue weighted by Gasteiger charge is 2.16. The van der Waals surface area contributed by atoms with Crippen molar-refractivity contribution in [3.8, 4) is 6.07 Å². The normalized spacial score (nSPS) is 11.5. The van der Waals surface area contributed by atoms with Crippen LogP contribution in [0.5, 0.6) is 0 Å². The van der Waals surface area contributed by atoms with Gasteiger partial charge in [0.05, 0.1) is 5.69 Å². The average Bonchev–Trinajstić information content (AvgIpc) is 3.21. The molecule has 0 radical (unpaired) electrons. The summed E-state index contributed by atoms with van der Waals surface area (Å²) >= 11 is 0. The van der Waals surface area contributed by atoms with Crippen LogP contribution in [-0.2, 0) is 16.1 Å². The Morgan fingerprint density at radius 1 is 1.38 bits per heavy atom. The Morgan fingerprint density at radius 2 is 2.12 bits per heavy atom. The second-order valence-corrected chi connectivity index (χ2v) is 6.58. The Hall–Kier alpha value is -3.07. The minimum absolute atomic E-state index is 0.130. The molecule has 26 heavy (non-hydrogen) atoms. The van der Waals surface area contributed by atoms with Gasteiger partial charge in [-0.25, -0.2) is 4.79 Å². The van der Waals surface area contributed by atoms with Gasteiger partial charge in [-0.15, -0.1) is 0 Å². The molecule has 0 saturated heterocycles. The molecule has 0 bridgehead atoms. The van der Waals surface area contributed by atoms with Crippen LogP contribution >= 0.6 is 0 Å². The fourth-order valence-corrected chi connectivity index (χ4v) is 2.70. The van der Waals surface area contributed by atoms with Gasteiger partial charge in [-0.1, -0.05) is 13.8 Å². The van der Waals surface area contributed by atoms with Gasteiger partial charge in [0.25, 0.3) is 0 Å². The first-order valence-corrected chi connectivity index (χ1v) is 8.45. The summed E-state index contributed by atoms with van der Waals surface area (Å²) in [6.07, 6.45) is 3.13. The summed E-state index contributed by atoms with van der Waals surface area (Å²) in [6.45, 7) is 8.66. The quantitative estimate of drug-likeness (QED) is 0.357. The van der Waals surface area contributed by atoms with Crippen molar-refractivity contribution in [2.75, 3.05) is 6.61 Å². The van der Waals surface area contributed by atoms with Crippen molar-refractivity contribution in [2.45, 2.75) is 34.2 Å². The van der Waals surface area contributed by atoms with Gasteiger partial charge in [-0.2, -0.15) is 5.26 Å². The van der Waals surface area contributed by atoms with Gasteiger partial charge >= 0.3 is 5.97 Å². The number of ether oxygens (including phenoxy) is 1. The van der Waals surface area contributed by atoms with Gasteiger partial charge in [-0.05, 0) is 49.6 Å². The number of carbonyl (C=O) groups is 2. The number of aromatic nitrogens is 2. The molecule has 136 valence electrons. The zero-order valence-corrected chi connectivity index (χ0v) is 15.5. The first kappa shape index (κ1) is 19.3. The van der Waals surface area contributed by atoms with Gasteiger partial charge < -0.3 is 14.3 Å². The van der Waals surface area contributed by atoms with E-state index >= 15 is 0 Å². The molecule has 0 spiro atoms. The summed E-state index contributed by atoms with van der Waals surface area (Å²) in [4.78, 5) is 26.8. The molecule has 1 N–H and O–H groups in total. The predicted molar refractivity (Wildman–Crippen MR) is 98.4 cm³/mol. The average molecular weight is 353 g/mol. The van der Waals surface area contributed by atoms with Gasteiger partial charge in [0.2, 0.25) is 5.78 Å². The zero-order valence-electron chi connectivity index (χ0n) is 15.5. The van der Waals surface area contributed by atoms with E-state index in [-0.39, 0.29) is 11.4 Å². The van der Waals surface area contributed by atoms with Gasteiger partial charge in [0.15, 0.2) is 6.61 Å². The molecule has 0 fully saturated rings. The standard InChI is InChI=1S/C20H23N3O3/c1-13(2)11-23-14(3)8-16(15(23)4)9-17(10-21)20(25)26-12-19(24)18-6-5-7-22-18/h5-9,13,22H,11-12H2,1-4H3/b17-9+. The highest BCUT2D eigenvalue weighted by molar-refractivity contribution is 6.01. The molecule has 2 aromatic rings. The second kappa shape index (κ2) is 8.34. The molecule has 6 nitrogen and oxygen atoms in total. The van der Waals surface area contributed by atoms with Crippen LogP contribution < -0.4 is 0 Å². The lowest BCUT2D eigenvalue weighted by atomic mass is 10.1. The number of hydrogen-bond acceptors (Lipinski definition) is 4. The fourth-order valence-electron chi connectivity index (χ4n) is 2.70. The van der Waals surface area contributed by atoms with Crippen molar-refractivity contribution < 1.29 is 14.3 Å². The molecule has 0 atom stereocenters. The largest absolute Gasteiger partial charge is 0.453 e. The van der Waals surface area contributed by atoms with Crippen molar-refractivity contribution in [3.05, 3.63) is 52.6 Å². The van der Waals surface area contributed by atoms with E-state index < -0.39 is 12.6 Å². The SMILES string of the molecule is Cc1cc(/C=C(\C#N)C(=O)OCC(=O)c2ccc[nH]2)c(C)n1CC(C)C. The Morgan fingerprint density at radius 3 is 2.69 bits per heavy atom. The van der Waals surface area contributed by atoms with Crippen LogP contribution in [-0.4, -0.2) is 27.9 Å². The van der Waals surface area contributed by atoms with Gasteiger partial charge in [0, 0.05) is 24.1 Å². The number of nitrogens with zero attached hydrogens (tertiary/aromatic N) is 2. The molecule has 0 aliphatic rings. The number of esters is 1. The molecule has 6 heteroatoms. The summed E-state index contributed by atoms with van der Waals surface area (Å²) in [5.74, 6) is -0.673. The van der Waals surface area contributed by atoms with E-state index in [2.05, 4.69) is 23.4 Å². The lowest BCUT2D eigenvalue weighted by molar-refractivity contribution is -0.137. The van der Waals surface area contributed by atoms with Crippen molar-refractivity contribution >= 4 is 17.8 Å². The van der Waals surface area contributed by atoms with Crippen LogP contribution in [0, 0.1) is 31.1 Å². The second-order valence-electron chi connectivity index (χ2n) is 6.58. The molecule has 0 aliphatic heterocycles. The Bertz CT molecular complexity index is 865. The summed E-state index contributed by atoms with van der Waals surface area (Å²) in [5.41, 5.74) is 3.08. The van der Waals surface area contributed by atoms with Crippen molar-refractivity contribution in [2.24, 2.45) is 5.92 Å². The minimum atomic E-state index is -0.805. The van der Waals surface area contributed by atoms with Crippen molar-refractivity contribution in [1.82, 2.24) is 9.55 Å². The van der Waals surface area contributed by atoms with Crippen LogP contribution in [0.4, 0.5) is 0 Å². The zero-order chi connectivity index (χ0) is 19.3. The third kappa shape index (κ3) is 4.51. The maximum Gasteiger partial charge on any atom is 0.349 e.